The molecular weight excluding hydrogens is 246 g/mol. The minimum atomic E-state index is -0.895. The summed E-state index contributed by atoms with van der Waals surface area (Å²) in [5.74, 6) is -1.23. The smallest absolute Gasteiger partial charge is 0.307 e. The lowest BCUT2D eigenvalue weighted by Crippen LogP contribution is -2.35. The van der Waals surface area contributed by atoms with Crippen molar-refractivity contribution in [1.82, 2.24) is 5.32 Å². The first-order chi connectivity index (χ1) is 9.08. The van der Waals surface area contributed by atoms with Gasteiger partial charge in [0, 0.05) is 0 Å². The van der Waals surface area contributed by atoms with Gasteiger partial charge >= 0.3 is 5.97 Å². The lowest BCUT2D eigenvalue weighted by Gasteiger charge is -2.15. The van der Waals surface area contributed by atoms with Crippen molar-refractivity contribution in [3.05, 3.63) is 30.3 Å². The van der Waals surface area contributed by atoms with Crippen molar-refractivity contribution in [3.8, 4) is 5.75 Å². The SMILES string of the molecule is CC(CNC(=O)C1CC1C(=O)O)Oc1ccccc1. The molecule has 2 rings (SSSR count). The molecule has 3 atom stereocenters. The lowest BCUT2D eigenvalue weighted by atomic mass is 10.3. The van der Waals surface area contributed by atoms with Crippen LogP contribution in [0.2, 0.25) is 0 Å². The van der Waals surface area contributed by atoms with Crippen LogP contribution in [0, 0.1) is 11.8 Å². The van der Waals surface area contributed by atoms with Crippen LogP contribution < -0.4 is 10.1 Å². The fourth-order valence-electron chi connectivity index (χ4n) is 1.91. The van der Waals surface area contributed by atoms with Crippen LogP contribution in [0.4, 0.5) is 0 Å². The zero-order chi connectivity index (χ0) is 13.8. The molecule has 1 aromatic rings. The number of amides is 1. The second kappa shape index (κ2) is 5.73. The summed E-state index contributed by atoms with van der Waals surface area (Å²) >= 11 is 0. The van der Waals surface area contributed by atoms with E-state index in [0.717, 1.165) is 5.75 Å². The molecule has 1 saturated carbocycles. The number of para-hydroxylation sites is 1. The normalized spacial score (nSPS) is 22.4. The highest BCUT2D eigenvalue weighted by Crippen LogP contribution is 2.38. The summed E-state index contributed by atoms with van der Waals surface area (Å²) in [4.78, 5) is 22.3. The van der Waals surface area contributed by atoms with E-state index in [0.29, 0.717) is 13.0 Å². The quantitative estimate of drug-likeness (QED) is 0.811. The topological polar surface area (TPSA) is 75.6 Å². The molecule has 5 nitrogen and oxygen atoms in total. The van der Waals surface area contributed by atoms with Gasteiger partial charge < -0.3 is 15.2 Å². The van der Waals surface area contributed by atoms with Gasteiger partial charge in [-0.05, 0) is 25.5 Å². The van der Waals surface area contributed by atoms with Gasteiger partial charge in [-0.3, -0.25) is 9.59 Å². The van der Waals surface area contributed by atoms with Gasteiger partial charge in [0.05, 0.1) is 18.4 Å². The fraction of sp³-hybridized carbons (Fsp3) is 0.429. The third-order valence-corrected chi connectivity index (χ3v) is 3.09. The summed E-state index contributed by atoms with van der Waals surface area (Å²) in [6, 6.07) is 9.35. The Balaban J connectivity index is 1.71. The molecule has 1 amide bonds. The number of nitrogens with one attached hydrogen (secondary N) is 1. The minimum Gasteiger partial charge on any atom is -0.489 e. The van der Waals surface area contributed by atoms with E-state index >= 15 is 0 Å². The number of benzene rings is 1. The fourth-order valence-corrected chi connectivity index (χ4v) is 1.91. The van der Waals surface area contributed by atoms with Gasteiger partial charge in [-0.1, -0.05) is 18.2 Å². The third-order valence-electron chi connectivity index (χ3n) is 3.09. The van der Waals surface area contributed by atoms with Crippen LogP contribution in [-0.2, 0) is 9.59 Å². The van der Waals surface area contributed by atoms with Gasteiger partial charge in [0.1, 0.15) is 11.9 Å². The molecule has 102 valence electrons. The zero-order valence-electron chi connectivity index (χ0n) is 10.7. The Bertz CT molecular complexity index is 460. The van der Waals surface area contributed by atoms with E-state index in [1.807, 2.05) is 37.3 Å². The number of carboxylic acid groups (broad SMARTS) is 1. The monoisotopic (exact) mass is 263 g/mol. The molecule has 1 aliphatic rings. The zero-order valence-corrected chi connectivity index (χ0v) is 10.7. The highest BCUT2D eigenvalue weighted by molar-refractivity contribution is 5.89. The summed E-state index contributed by atoms with van der Waals surface area (Å²) in [6.07, 6.45) is 0.281. The van der Waals surface area contributed by atoms with Gasteiger partial charge in [0.15, 0.2) is 0 Å². The number of carbonyl (C=O) groups is 2. The van der Waals surface area contributed by atoms with Gasteiger partial charge in [0.25, 0.3) is 0 Å². The van der Waals surface area contributed by atoms with Gasteiger partial charge in [-0.25, -0.2) is 0 Å². The van der Waals surface area contributed by atoms with Crippen molar-refractivity contribution < 1.29 is 19.4 Å². The predicted octanol–water partition coefficient (Wildman–Crippen LogP) is 1.29. The summed E-state index contributed by atoms with van der Waals surface area (Å²) in [5, 5.41) is 11.5. The largest absolute Gasteiger partial charge is 0.489 e. The van der Waals surface area contributed by atoms with Crippen LogP contribution in [0.3, 0.4) is 0 Å². The van der Waals surface area contributed by atoms with E-state index in [1.165, 1.54) is 0 Å². The van der Waals surface area contributed by atoms with Gasteiger partial charge in [-0.15, -0.1) is 0 Å². The molecule has 0 aliphatic heterocycles. The molecule has 1 fully saturated rings. The van der Waals surface area contributed by atoms with Gasteiger partial charge in [0.2, 0.25) is 5.91 Å². The van der Waals surface area contributed by atoms with Crippen LogP contribution in [0.5, 0.6) is 5.75 Å². The van der Waals surface area contributed by atoms with Crippen molar-refractivity contribution in [2.45, 2.75) is 19.4 Å². The van der Waals surface area contributed by atoms with Gasteiger partial charge in [-0.2, -0.15) is 0 Å². The van der Waals surface area contributed by atoms with Crippen LogP contribution in [0.25, 0.3) is 0 Å². The Morgan fingerprint density at radius 1 is 1.37 bits per heavy atom. The maximum Gasteiger partial charge on any atom is 0.307 e. The molecule has 0 heterocycles. The molecule has 0 bridgehead atoms. The highest BCUT2D eigenvalue weighted by atomic mass is 16.5. The van der Waals surface area contributed by atoms with Crippen LogP contribution in [0.15, 0.2) is 30.3 Å². The summed E-state index contributed by atoms with van der Waals surface area (Å²) in [6.45, 7) is 2.23. The van der Waals surface area contributed by atoms with E-state index < -0.39 is 11.9 Å². The molecule has 5 heteroatoms. The molecule has 1 aliphatic carbocycles. The first kappa shape index (κ1) is 13.4. The van der Waals surface area contributed by atoms with E-state index in [-0.39, 0.29) is 17.9 Å². The van der Waals surface area contributed by atoms with E-state index in [9.17, 15) is 9.59 Å². The molecule has 3 unspecified atom stereocenters. The Morgan fingerprint density at radius 3 is 2.63 bits per heavy atom. The molecule has 19 heavy (non-hydrogen) atoms. The number of ether oxygens (including phenoxy) is 1. The van der Waals surface area contributed by atoms with E-state index in [1.54, 1.807) is 0 Å². The second-order valence-electron chi connectivity index (χ2n) is 4.77. The highest BCUT2D eigenvalue weighted by Gasteiger charge is 2.48. The molecule has 0 spiro atoms. The Labute approximate surface area is 111 Å². The number of carbonyl (C=O) groups excluding carboxylic acids is 1. The standard InChI is InChI=1S/C14H17NO4/c1-9(19-10-5-3-2-4-6-10)8-15-13(16)11-7-12(11)14(17)18/h2-6,9,11-12H,7-8H2,1H3,(H,15,16)(H,17,18). The molecule has 1 aromatic carbocycles. The number of hydrogen-bond donors (Lipinski definition) is 2. The minimum absolute atomic E-state index is 0.159. The first-order valence-corrected chi connectivity index (χ1v) is 6.30. The average molecular weight is 263 g/mol. The maximum absolute atomic E-state index is 11.6. The molecule has 0 radical (unpaired) electrons. The van der Waals surface area contributed by atoms with Crippen molar-refractivity contribution in [2.24, 2.45) is 11.8 Å². The number of carboxylic acids is 1. The second-order valence-corrected chi connectivity index (χ2v) is 4.77. The Hall–Kier alpha value is -2.04. The van der Waals surface area contributed by atoms with Crippen LogP contribution in [0.1, 0.15) is 13.3 Å². The van der Waals surface area contributed by atoms with Crippen LogP contribution >= 0.6 is 0 Å². The van der Waals surface area contributed by atoms with E-state index in [2.05, 4.69) is 5.32 Å². The number of rotatable bonds is 6. The van der Waals surface area contributed by atoms with Crippen molar-refractivity contribution in [2.75, 3.05) is 6.54 Å². The summed E-state index contributed by atoms with van der Waals surface area (Å²) in [5.41, 5.74) is 0. The van der Waals surface area contributed by atoms with Crippen molar-refractivity contribution in [1.29, 1.82) is 0 Å². The summed E-state index contributed by atoms with van der Waals surface area (Å²) in [7, 11) is 0. The Morgan fingerprint density at radius 2 is 2.05 bits per heavy atom. The van der Waals surface area contributed by atoms with E-state index in [4.69, 9.17) is 9.84 Å². The van der Waals surface area contributed by atoms with Crippen molar-refractivity contribution >= 4 is 11.9 Å². The molecule has 0 aromatic heterocycles. The number of aliphatic carboxylic acids is 1. The summed E-state index contributed by atoms with van der Waals surface area (Å²) < 4.78 is 5.61. The molecule has 2 N–H and O–H groups in total. The number of hydrogen-bond acceptors (Lipinski definition) is 3. The lowest BCUT2D eigenvalue weighted by molar-refractivity contribution is -0.140. The first-order valence-electron chi connectivity index (χ1n) is 6.30. The molecule has 0 saturated heterocycles. The Kier molecular flexibility index (Phi) is 4.04. The third kappa shape index (κ3) is 3.71. The molecular formula is C14H17NO4. The maximum atomic E-state index is 11.6. The van der Waals surface area contributed by atoms with Crippen molar-refractivity contribution in [3.63, 3.8) is 0 Å². The van der Waals surface area contributed by atoms with Crippen LogP contribution in [-0.4, -0.2) is 29.6 Å². The predicted molar refractivity (Wildman–Crippen MR) is 68.8 cm³/mol. The average Bonchev–Trinajstić information content (AvgIpc) is 3.17.